The van der Waals surface area contributed by atoms with Crippen LogP contribution < -0.4 is 25.0 Å². The minimum Gasteiger partial charge on any atom is -0.494 e. The number of rotatable bonds is 8. The van der Waals surface area contributed by atoms with E-state index in [9.17, 15) is 9.59 Å². The molecule has 40 heavy (non-hydrogen) atoms. The van der Waals surface area contributed by atoms with Gasteiger partial charge in [-0.25, -0.2) is 0 Å². The molecular weight excluding hydrogens is 553 g/mol. The SMILES string of the molecule is CCOc1cc2c(cc1C(=O)NC)C(=N)N(CC(=O)c1cc(N3CCNCC3)c(OC)c(C(C)(C)C)c1)C2.Cl.Cl. The van der Waals surface area contributed by atoms with Gasteiger partial charge in [-0.1, -0.05) is 20.8 Å². The minimum atomic E-state index is -0.271. The maximum atomic E-state index is 13.7. The Kier molecular flexibility index (Phi) is 11.3. The second-order valence-electron chi connectivity index (χ2n) is 10.7. The number of nitrogens with one attached hydrogen (secondary N) is 3. The van der Waals surface area contributed by atoms with Gasteiger partial charge in [0.25, 0.3) is 5.91 Å². The standard InChI is InChI=1S/C29H39N5O4.2ClH/c1-7-38-25-14-19-16-34(27(30)20(19)15-21(25)28(36)31-5)17-24(35)18-12-22(29(2,3)4)26(37-6)23(13-18)33-10-8-32-9-11-33;;/h12-15,30,32H,7-11,16-17H2,1-6H3,(H,31,36);2*1H. The number of halogens is 2. The molecule has 2 aliphatic heterocycles. The van der Waals surface area contributed by atoms with Gasteiger partial charge >= 0.3 is 0 Å². The lowest BCUT2D eigenvalue weighted by molar-refractivity contribution is 0.0953. The molecule has 1 amide bonds. The predicted molar refractivity (Wildman–Crippen MR) is 164 cm³/mol. The van der Waals surface area contributed by atoms with Crippen molar-refractivity contribution in [3.05, 3.63) is 52.1 Å². The van der Waals surface area contributed by atoms with Crippen molar-refractivity contribution in [2.24, 2.45) is 0 Å². The van der Waals surface area contributed by atoms with Crippen LogP contribution in [0.3, 0.4) is 0 Å². The normalized spacial score (nSPS) is 14.6. The summed E-state index contributed by atoms with van der Waals surface area (Å²) in [4.78, 5) is 30.2. The third kappa shape index (κ3) is 6.65. The maximum absolute atomic E-state index is 13.7. The molecule has 2 aromatic rings. The van der Waals surface area contributed by atoms with Crippen LogP contribution in [0.1, 0.15) is 65.1 Å². The fourth-order valence-corrected chi connectivity index (χ4v) is 5.10. The molecule has 0 atom stereocenters. The Hall–Kier alpha value is -3.01. The first-order chi connectivity index (χ1) is 18.1. The van der Waals surface area contributed by atoms with E-state index in [1.165, 1.54) is 0 Å². The van der Waals surface area contributed by atoms with Gasteiger partial charge in [0.2, 0.25) is 0 Å². The van der Waals surface area contributed by atoms with Gasteiger partial charge in [0, 0.05) is 56.5 Å². The lowest BCUT2D eigenvalue weighted by Gasteiger charge is -2.33. The number of amides is 1. The molecule has 2 heterocycles. The van der Waals surface area contributed by atoms with Crippen LogP contribution >= 0.6 is 24.8 Å². The molecule has 0 radical (unpaired) electrons. The average Bonchev–Trinajstić information content (AvgIpc) is 3.20. The summed E-state index contributed by atoms with van der Waals surface area (Å²) in [6.45, 7) is 12.5. The van der Waals surface area contributed by atoms with Gasteiger partial charge in [0.15, 0.2) is 5.78 Å². The van der Waals surface area contributed by atoms with Crippen LogP contribution in [0.5, 0.6) is 11.5 Å². The minimum absolute atomic E-state index is 0. The molecule has 1 saturated heterocycles. The van der Waals surface area contributed by atoms with Gasteiger partial charge in [0.1, 0.15) is 17.3 Å². The molecule has 220 valence electrons. The molecule has 0 aromatic heterocycles. The van der Waals surface area contributed by atoms with Crippen molar-refractivity contribution in [3.8, 4) is 11.5 Å². The van der Waals surface area contributed by atoms with Crippen LogP contribution in [0.2, 0.25) is 0 Å². The summed E-state index contributed by atoms with van der Waals surface area (Å²) in [5, 5.41) is 14.8. The third-order valence-corrected chi connectivity index (χ3v) is 7.11. The number of amidine groups is 1. The number of nitrogens with zero attached hydrogens (tertiary/aromatic N) is 2. The van der Waals surface area contributed by atoms with E-state index in [0.717, 1.165) is 48.7 Å². The number of carbonyl (C=O) groups is 2. The smallest absolute Gasteiger partial charge is 0.254 e. The molecule has 0 aliphatic carbocycles. The molecule has 2 aromatic carbocycles. The highest BCUT2D eigenvalue weighted by atomic mass is 35.5. The topological polar surface area (TPSA) is 107 Å². The third-order valence-electron chi connectivity index (χ3n) is 7.11. The molecule has 11 heteroatoms. The number of hydrogen-bond acceptors (Lipinski definition) is 7. The maximum Gasteiger partial charge on any atom is 0.254 e. The average molecular weight is 595 g/mol. The van der Waals surface area contributed by atoms with Gasteiger partial charge < -0.3 is 29.9 Å². The van der Waals surface area contributed by atoms with E-state index >= 15 is 0 Å². The second kappa shape index (κ2) is 13.6. The first-order valence-corrected chi connectivity index (χ1v) is 13.2. The Bertz CT molecular complexity index is 1260. The molecule has 2 aliphatic rings. The Balaban J connectivity index is 0.00000280. The number of piperazine rings is 1. The van der Waals surface area contributed by atoms with Gasteiger partial charge in [-0.3, -0.25) is 15.0 Å². The summed E-state index contributed by atoms with van der Waals surface area (Å²) in [5.74, 6) is 1.18. The zero-order valence-electron chi connectivity index (χ0n) is 24.1. The van der Waals surface area contributed by atoms with Crippen LogP contribution in [0.25, 0.3) is 0 Å². The van der Waals surface area contributed by atoms with Crippen molar-refractivity contribution in [1.82, 2.24) is 15.5 Å². The number of carbonyl (C=O) groups excluding carboxylic acids is 2. The summed E-state index contributed by atoms with van der Waals surface area (Å²) < 4.78 is 11.6. The molecule has 0 spiro atoms. The van der Waals surface area contributed by atoms with Crippen molar-refractivity contribution in [2.45, 2.75) is 39.7 Å². The van der Waals surface area contributed by atoms with E-state index < -0.39 is 0 Å². The van der Waals surface area contributed by atoms with Gasteiger partial charge in [-0.05, 0) is 42.2 Å². The summed E-state index contributed by atoms with van der Waals surface area (Å²) >= 11 is 0. The lowest BCUT2D eigenvalue weighted by Crippen LogP contribution is -2.44. The molecule has 0 bridgehead atoms. The number of ether oxygens (including phenoxy) is 2. The number of Topliss-reactive ketones (excluding diaryl/α,β-unsaturated/α-hetero) is 1. The monoisotopic (exact) mass is 593 g/mol. The number of benzene rings is 2. The fraction of sp³-hybridized carbons (Fsp3) is 0.483. The highest BCUT2D eigenvalue weighted by Gasteiger charge is 2.31. The lowest BCUT2D eigenvalue weighted by atomic mass is 9.84. The Morgan fingerprint density at radius 3 is 2.35 bits per heavy atom. The number of fused-ring (bicyclic) bond motifs is 1. The van der Waals surface area contributed by atoms with Crippen molar-refractivity contribution in [3.63, 3.8) is 0 Å². The van der Waals surface area contributed by atoms with Crippen molar-refractivity contribution in [2.75, 3.05) is 58.4 Å². The van der Waals surface area contributed by atoms with E-state index in [1.807, 2.05) is 25.1 Å². The van der Waals surface area contributed by atoms with E-state index in [4.69, 9.17) is 14.9 Å². The van der Waals surface area contributed by atoms with E-state index in [-0.39, 0.29) is 54.3 Å². The number of ketones is 1. The van der Waals surface area contributed by atoms with Gasteiger partial charge in [0.05, 0.1) is 31.5 Å². The zero-order valence-corrected chi connectivity index (χ0v) is 25.7. The van der Waals surface area contributed by atoms with Crippen LogP contribution in [0, 0.1) is 5.41 Å². The van der Waals surface area contributed by atoms with Crippen molar-refractivity contribution in [1.29, 1.82) is 5.41 Å². The Morgan fingerprint density at radius 1 is 1.10 bits per heavy atom. The van der Waals surface area contributed by atoms with Crippen LogP contribution in [-0.2, 0) is 12.0 Å². The first-order valence-electron chi connectivity index (χ1n) is 13.2. The second-order valence-corrected chi connectivity index (χ2v) is 10.7. The van der Waals surface area contributed by atoms with E-state index in [1.54, 1.807) is 25.1 Å². The first kappa shape index (κ1) is 33.2. The summed E-state index contributed by atoms with van der Waals surface area (Å²) in [6.07, 6.45) is 0. The highest BCUT2D eigenvalue weighted by molar-refractivity contribution is 6.08. The highest BCUT2D eigenvalue weighted by Crippen LogP contribution is 2.40. The molecule has 1 fully saturated rings. The summed E-state index contributed by atoms with van der Waals surface area (Å²) in [6, 6.07) is 7.39. The van der Waals surface area contributed by atoms with E-state index in [2.05, 4.69) is 36.3 Å². The van der Waals surface area contributed by atoms with Crippen molar-refractivity contribution >= 4 is 48.0 Å². The molecule has 4 rings (SSSR count). The van der Waals surface area contributed by atoms with Crippen molar-refractivity contribution < 1.29 is 19.1 Å². The zero-order chi connectivity index (χ0) is 27.6. The fourth-order valence-electron chi connectivity index (χ4n) is 5.10. The Labute approximate surface area is 249 Å². The van der Waals surface area contributed by atoms with E-state index in [0.29, 0.717) is 35.6 Å². The van der Waals surface area contributed by atoms with Crippen LogP contribution in [0.4, 0.5) is 5.69 Å². The number of methoxy groups -OCH3 is 1. The largest absolute Gasteiger partial charge is 0.494 e. The quantitative estimate of drug-likeness (QED) is 0.397. The van der Waals surface area contributed by atoms with Gasteiger partial charge in [-0.15, -0.1) is 24.8 Å². The molecule has 0 unspecified atom stereocenters. The van der Waals surface area contributed by atoms with Crippen LogP contribution in [-0.4, -0.2) is 75.9 Å². The molecule has 0 saturated carbocycles. The Morgan fingerprint density at radius 2 is 1.77 bits per heavy atom. The van der Waals surface area contributed by atoms with Gasteiger partial charge in [-0.2, -0.15) is 0 Å². The molecular formula is C29H41Cl2N5O4. The summed E-state index contributed by atoms with van der Waals surface area (Å²) in [7, 11) is 3.25. The molecule has 9 nitrogen and oxygen atoms in total. The number of hydrogen-bond donors (Lipinski definition) is 3. The molecule has 3 N–H and O–H groups in total. The summed E-state index contributed by atoms with van der Waals surface area (Å²) in [5.41, 5.74) is 4.19. The predicted octanol–water partition coefficient (Wildman–Crippen LogP) is 4.03. The van der Waals surface area contributed by atoms with Crippen LogP contribution in [0.15, 0.2) is 24.3 Å². The number of anilines is 1.